The van der Waals surface area contributed by atoms with E-state index in [1.54, 1.807) is 11.8 Å². The first-order chi connectivity index (χ1) is 17.7. The van der Waals surface area contributed by atoms with Crippen LogP contribution in [-0.4, -0.2) is 38.8 Å². The zero-order valence-electron chi connectivity index (χ0n) is 20.1. The molecule has 1 saturated heterocycles. The number of thioether (sulfide) groups is 1. The van der Waals surface area contributed by atoms with Crippen molar-refractivity contribution in [3.63, 3.8) is 0 Å². The van der Waals surface area contributed by atoms with Crippen LogP contribution in [0.4, 0.5) is 14.5 Å². The number of piperidine rings is 1. The molecule has 1 aromatic carbocycles. The van der Waals surface area contributed by atoms with Crippen molar-refractivity contribution in [1.82, 2.24) is 9.88 Å². The minimum absolute atomic E-state index is 0.0600. The summed E-state index contributed by atoms with van der Waals surface area (Å²) in [7, 11) is 0. The Morgan fingerprint density at radius 3 is 2.92 bits per heavy atom. The highest BCUT2D eigenvalue weighted by molar-refractivity contribution is 8.15. The van der Waals surface area contributed by atoms with Gasteiger partial charge >= 0.3 is 0 Å². The Morgan fingerprint density at radius 1 is 1.41 bits per heavy atom. The van der Waals surface area contributed by atoms with Crippen molar-refractivity contribution in [3.8, 4) is 6.07 Å². The van der Waals surface area contributed by atoms with Crippen molar-refractivity contribution in [2.24, 2.45) is 22.6 Å². The van der Waals surface area contributed by atoms with Crippen LogP contribution in [0.3, 0.4) is 0 Å². The zero-order valence-corrected chi connectivity index (χ0v) is 20.9. The summed E-state index contributed by atoms with van der Waals surface area (Å²) in [5.74, 6) is -1.72. The minimum atomic E-state index is -1.12. The Balaban J connectivity index is 1.46. The van der Waals surface area contributed by atoms with E-state index in [9.17, 15) is 14.4 Å². The predicted molar refractivity (Wildman–Crippen MR) is 138 cm³/mol. The number of aliphatic imine (C=N–C) groups is 1. The quantitative estimate of drug-likeness (QED) is 0.572. The summed E-state index contributed by atoms with van der Waals surface area (Å²) in [4.78, 5) is 27.2. The highest BCUT2D eigenvalue weighted by Crippen LogP contribution is 2.66. The summed E-state index contributed by atoms with van der Waals surface area (Å²) >= 11 is 1.22. The van der Waals surface area contributed by atoms with Crippen molar-refractivity contribution >= 4 is 40.4 Å². The second kappa shape index (κ2) is 9.28. The van der Waals surface area contributed by atoms with Gasteiger partial charge in [-0.25, -0.2) is 13.6 Å². The SMILES string of the molecule is [C-]#[N+]c1ccc(/C(F)=C/c2ccc(F)c([C@@]3(C)N=C(N)S[C@@]4(C(=O)N5CCCC(C#N)C5)C[C@H]43)c2)nc1. The van der Waals surface area contributed by atoms with Crippen LogP contribution >= 0.6 is 11.8 Å². The maximum Gasteiger partial charge on any atom is 0.239 e. The van der Waals surface area contributed by atoms with Gasteiger partial charge in [0.25, 0.3) is 0 Å². The third-order valence-corrected chi connectivity index (χ3v) is 8.71. The fraction of sp³-hybridized carbons (Fsp3) is 0.370. The molecule has 0 spiro atoms. The highest BCUT2D eigenvalue weighted by Gasteiger charge is 2.71. The van der Waals surface area contributed by atoms with Gasteiger partial charge in [0.2, 0.25) is 11.6 Å². The lowest BCUT2D eigenvalue weighted by Gasteiger charge is -2.37. The zero-order chi connectivity index (χ0) is 26.4. The van der Waals surface area contributed by atoms with E-state index < -0.39 is 21.9 Å². The Bertz CT molecular complexity index is 1410. The smallest absolute Gasteiger partial charge is 0.239 e. The van der Waals surface area contributed by atoms with Crippen LogP contribution in [0.15, 0.2) is 41.5 Å². The van der Waals surface area contributed by atoms with E-state index in [2.05, 4.69) is 20.9 Å². The molecule has 10 heteroatoms. The van der Waals surface area contributed by atoms with Crippen molar-refractivity contribution in [2.75, 3.05) is 13.1 Å². The number of carbonyl (C=O) groups excluding carboxylic acids is 1. The number of hydrogen-bond acceptors (Lipinski definition) is 6. The van der Waals surface area contributed by atoms with E-state index in [0.29, 0.717) is 30.8 Å². The molecule has 1 aromatic heterocycles. The maximum atomic E-state index is 15.2. The molecule has 5 rings (SSSR count). The van der Waals surface area contributed by atoms with Crippen LogP contribution < -0.4 is 5.73 Å². The lowest BCUT2D eigenvalue weighted by atomic mass is 9.84. The maximum absolute atomic E-state index is 15.2. The van der Waals surface area contributed by atoms with Crippen molar-refractivity contribution in [3.05, 3.63) is 70.6 Å². The van der Waals surface area contributed by atoms with E-state index in [-0.39, 0.29) is 34.2 Å². The fourth-order valence-electron chi connectivity index (χ4n) is 5.42. The molecular formula is C27H24F2N6OS. The molecule has 0 bridgehead atoms. The average Bonchev–Trinajstić information content (AvgIpc) is 3.66. The normalized spacial score (nSPS) is 28.9. The number of benzene rings is 1. The van der Waals surface area contributed by atoms with Gasteiger partial charge in [0, 0.05) is 30.8 Å². The van der Waals surface area contributed by atoms with Gasteiger partial charge in [-0.1, -0.05) is 23.9 Å². The number of carbonyl (C=O) groups is 1. The number of hydrogen-bond donors (Lipinski definition) is 1. The van der Waals surface area contributed by atoms with Crippen LogP contribution in [0.2, 0.25) is 0 Å². The Hall–Kier alpha value is -3.76. The standard InChI is InChI=1S/C27H24F2N6OS/c1-26(19-10-16(5-7-20(19)28)11-21(29)22-8-6-18(32-2)14-33-22)23-12-27(23,37-25(31)34-26)24(36)35-9-3-4-17(13-30)15-35/h5-8,10-11,14,17,23H,3-4,9,12,15H2,1H3,(H2,31,34)/b21-11-/t17?,23-,26+,27-/m0/s1. The monoisotopic (exact) mass is 518 g/mol. The van der Waals surface area contributed by atoms with E-state index in [1.807, 2.05) is 0 Å². The summed E-state index contributed by atoms with van der Waals surface area (Å²) in [5.41, 5.74) is 6.09. The topological polar surface area (TPSA) is 99.7 Å². The first kappa shape index (κ1) is 24.9. The van der Waals surface area contributed by atoms with E-state index in [1.165, 1.54) is 54.4 Å². The molecule has 188 valence electrons. The Kier molecular flexibility index (Phi) is 6.25. The molecule has 2 fully saturated rings. The molecule has 3 heterocycles. The number of nitrogens with two attached hydrogens (primary N) is 1. The molecule has 1 saturated carbocycles. The van der Waals surface area contributed by atoms with Crippen LogP contribution in [0.25, 0.3) is 16.7 Å². The number of rotatable bonds is 4. The average molecular weight is 519 g/mol. The van der Waals surface area contributed by atoms with E-state index in [4.69, 9.17) is 12.3 Å². The first-order valence-electron chi connectivity index (χ1n) is 11.9. The summed E-state index contributed by atoms with van der Waals surface area (Å²) in [5, 5.41) is 9.55. The minimum Gasteiger partial charge on any atom is -0.378 e. The molecule has 2 aromatic rings. The molecule has 3 aliphatic rings. The summed E-state index contributed by atoms with van der Waals surface area (Å²) < 4.78 is 29.3. The number of fused-ring (bicyclic) bond motifs is 1. The lowest BCUT2D eigenvalue weighted by molar-refractivity contribution is -0.133. The van der Waals surface area contributed by atoms with Gasteiger partial charge < -0.3 is 10.6 Å². The van der Waals surface area contributed by atoms with Gasteiger partial charge in [-0.15, -0.1) is 0 Å². The van der Waals surface area contributed by atoms with Crippen molar-refractivity contribution in [1.29, 1.82) is 5.26 Å². The van der Waals surface area contributed by atoms with Crippen LogP contribution in [0, 0.1) is 35.6 Å². The van der Waals surface area contributed by atoms with Crippen LogP contribution in [-0.2, 0) is 10.3 Å². The highest BCUT2D eigenvalue weighted by atomic mass is 32.2. The summed E-state index contributed by atoms with van der Waals surface area (Å²) in [6.07, 6.45) is 4.55. The van der Waals surface area contributed by atoms with Crippen molar-refractivity contribution < 1.29 is 13.6 Å². The molecule has 2 aliphatic heterocycles. The van der Waals surface area contributed by atoms with Gasteiger partial charge in [0.1, 0.15) is 16.4 Å². The Morgan fingerprint density at radius 2 is 2.22 bits per heavy atom. The van der Waals surface area contributed by atoms with Gasteiger partial charge in [0.15, 0.2) is 5.17 Å². The third-order valence-electron chi connectivity index (χ3n) is 7.42. The molecular weight excluding hydrogens is 494 g/mol. The largest absolute Gasteiger partial charge is 0.378 e. The number of amidine groups is 1. The van der Waals surface area contributed by atoms with Gasteiger partial charge in [-0.3, -0.25) is 14.8 Å². The first-order valence-corrected chi connectivity index (χ1v) is 12.8. The van der Waals surface area contributed by atoms with Crippen LogP contribution in [0.5, 0.6) is 0 Å². The number of pyridine rings is 1. The number of nitriles is 1. The third kappa shape index (κ3) is 4.36. The van der Waals surface area contributed by atoms with Gasteiger partial charge in [-0.2, -0.15) is 5.26 Å². The molecule has 4 atom stereocenters. The number of aromatic nitrogens is 1. The number of likely N-dealkylation sites (tertiary alicyclic amines) is 1. The summed E-state index contributed by atoms with van der Waals surface area (Å²) in [6.45, 7) is 9.73. The Labute approximate surface area is 217 Å². The number of nitrogens with zero attached hydrogens (tertiary/aromatic N) is 5. The van der Waals surface area contributed by atoms with Crippen molar-refractivity contribution in [2.45, 2.75) is 36.5 Å². The predicted octanol–water partition coefficient (Wildman–Crippen LogP) is 5.04. The van der Waals surface area contributed by atoms with E-state index in [0.717, 1.165) is 12.8 Å². The van der Waals surface area contributed by atoms with E-state index >= 15 is 4.39 Å². The van der Waals surface area contributed by atoms with Crippen LogP contribution in [0.1, 0.15) is 43.0 Å². The molecule has 0 radical (unpaired) electrons. The second-order valence-electron chi connectivity index (χ2n) is 9.81. The molecule has 37 heavy (non-hydrogen) atoms. The fourth-order valence-corrected chi connectivity index (χ4v) is 6.87. The second-order valence-corrected chi connectivity index (χ2v) is 11.2. The molecule has 1 amide bonds. The summed E-state index contributed by atoms with van der Waals surface area (Å²) in [6, 6.07) is 9.41. The van der Waals surface area contributed by atoms with Gasteiger partial charge in [0.05, 0.1) is 29.8 Å². The van der Waals surface area contributed by atoms with Gasteiger partial charge in [-0.05, 0) is 56.0 Å². The molecule has 1 unspecified atom stereocenters. The lowest BCUT2D eigenvalue weighted by Crippen LogP contribution is -2.49. The number of halogens is 2. The molecule has 7 nitrogen and oxygen atoms in total. The molecule has 2 N–H and O–H groups in total. The number of amides is 1. The molecule has 1 aliphatic carbocycles.